The third-order valence-electron chi connectivity index (χ3n) is 5.62. The minimum Gasteiger partial charge on any atom is -0.342 e. The van der Waals surface area contributed by atoms with Crippen molar-refractivity contribution in [3.8, 4) is 0 Å². The van der Waals surface area contributed by atoms with Crippen LogP contribution >= 0.6 is 0 Å². The van der Waals surface area contributed by atoms with Gasteiger partial charge in [-0.2, -0.15) is 52.7 Å². The van der Waals surface area contributed by atoms with Crippen LogP contribution in [-0.4, -0.2) is 39.4 Å². The van der Waals surface area contributed by atoms with E-state index >= 15 is 0 Å². The van der Waals surface area contributed by atoms with E-state index < -0.39 is 92.2 Å². The first-order valence-electron chi connectivity index (χ1n) is 9.60. The quantitative estimate of drug-likeness (QED) is 0.208. The van der Waals surface area contributed by atoms with Crippen LogP contribution in [0.1, 0.15) is 28.9 Å². The van der Waals surface area contributed by atoms with Crippen LogP contribution in [0.2, 0.25) is 0 Å². The molecule has 1 aliphatic heterocycles. The molecule has 37 heavy (non-hydrogen) atoms. The van der Waals surface area contributed by atoms with Crippen molar-refractivity contribution in [2.75, 3.05) is 7.11 Å². The fourth-order valence-electron chi connectivity index (χ4n) is 4.30. The van der Waals surface area contributed by atoms with E-state index in [0.29, 0.717) is 12.1 Å². The molecule has 5 rings (SSSR count). The van der Waals surface area contributed by atoms with E-state index in [9.17, 15) is 52.7 Å². The average molecular weight is 550 g/mol. The highest BCUT2D eigenvalue weighted by Gasteiger charge is 2.69. The van der Waals surface area contributed by atoms with Crippen LogP contribution in [0.5, 0.6) is 0 Å². The molecule has 3 heterocycles. The van der Waals surface area contributed by atoms with Gasteiger partial charge >= 0.3 is 24.7 Å². The molecule has 198 valence electrons. The molecule has 1 aliphatic rings. The first kappa shape index (κ1) is 25.4. The molecule has 0 saturated heterocycles. The van der Waals surface area contributed by atoms with Crippen molar-refractivity contribution in [3.05, 3.63) is 34.9 Å². The van der Waals surface area contributed by atoms with E-state index in [1.54, 1.807) is 0 Å². The standard InChI is InChI=1S/C19H6F12N4O2/c1-36-15(19(29,30)31)9-8(12(37-15)16(20,21)22)10-6-4(32-13(34-10)17(23,24)25)2-3-5-7(6)11(9)35-14(33-5)18(26,27)28/h2-3,12H,1H3. The zero-order valence-corrected chi connectivity index (χ0v) is 17.4. The van der Waals surface area contributed by atoms with Crippen LogP contribution in [0.15, 0.2) is 12.1 Å². The van der Waals surface area contributed by atoms with E-state index in [4.69, 9.17) is 0 Å². The molecular weight excluding hydrogens is 544 g/mol. The number of fused-ring (bicyclic) bond motifs is 3. The molecule has 18 heteroatoms. The van der Waals surface area contributed by atoms with E-state index in [0.717, 1.165) is 0 Å². The number of benzene rings is 2. The Morgan fingerprint density at radius 1 is 0.730 bits per heavy atom. The molecule has 0 saturated carbocycles. The summed E-state index contributed by atoms with van der Waals surface area (Å²) in [5.74, 6) is -8.42. The highest BCUT2D eigenvalue weighted by molar-refractivity contribution is 6.21. The van der Waals surface area contributed by atoms with Crippen molar-refractivity contribution in [2.45, 2.75) is 36.6 Å². The molecule has 4 aromatic rings. The Kier molecular flexibility index (Phi) is 4.92. The number of alkyl halides is 12. The Hall–Kier alpha value is -3.28. The lowest BCUT2D eigenvalue weighted by Crippen LogP contribution is -2.45. The van der Waals surface area contributed by atoms with Gasteiger partial charge in [-0.05, 0) is 12.1 Å². The highest BCUT2D eigenvalue weighted by atomic mass is 19.4. The maximum atomic E-state index is 14.3. The van der Waals surface area contributed by atoms with Gasteiger partial charge in [0.1, 0.15) is 0 Å². The number of rotatable bonds is 1. The molecule has 2 aromatic heterocycles. The number of ether oxygens (including phenoxy) is 2. The monoisotopic (exact) mass is 550 g/mol. The lowest BCUT2D eigenvalue weighted by atomic mass is 9.90. The van der Waals surface area contributed by atoms with Gasteiger partial charge in [0, 0.05) is 23.4 Å². The van der Waals surface area contributed by atoms with Gasteiger partial charge in [0.05, 0.1) is 27.6 Å². The predicted molar refractivity (Wildman–Crippen MR) is 96.0 cm³/mol. The van der Waals surface area contributed by atoms with Gasteiger partial charge in [-0.3, -0.25) is 0 Å². The van der Waals surface area contributed by atoms with Gasteiger partial charge < -0.3 is 9.47 Å². The fourth-order valence-corrected chi connectivity index (χ4v) is 4.30. The third kappa shape index (κ3) is 3.44. The van der Waals surface area contributed by atoms with Crippen molar-refractivity contribution in [2.24, 2.45) is 0 Å². The van der Waals surface area contributed by atoms with Crippen molar-refractivity contribution < 1.29 is 62.2 Å². The second kappa shape index (κ2) is 7.18. The van der Waals surface area contributed by atoms with Crippen molar-refractivity contribution in [1.82, 2.24) is 19.9 Å². The maximum Gasteiger partial charge on any atom is 0.451 e. The molecule has 0 spiro atoms. The summed E-state index contributed by atoms with van der Waals surface area (Å²) in [5, 5.41) is -1.47. The normalized spacial score (nSPS) is 21.5. The Morgan fingerprint density at radius 2 is 1.19 bits per heavy atom. The summed E-state index contributed by atoms with van der Waals surface area (Å²) in [5.41, 5.74) is -7.47. The number of halogens is 12. The van der Waals surface area contributed by atoms with Gasteiger partial charge in [0.25, 0.3) is 5.79 Å². The van der Waals surface area contributed by atoms with Crippen molar-refractivity contribution in [3.63, 3.8) is 0 Å². The van der Waals surface area contributed by atoms with Crippen molar-refractivity contribution in [1.29, 1.82) is 0 Å². The van der Waals surface area contributed by atoms with Gasteiger partial charge in [0.2, 0.25) is 11.6 Å². The Balaban J connectivity index is 2.13. The number of hydrogen-bond donors (Lipinski definition) is 0. The summed E-state index contributed by atoms with van der Waals surface area (Å²) in [7, 11) is 0.261. The lowest BCUT2D eigenvalue weighted by molar-refractivity contribution is -0.405. The SMILES string of the molecule is COC1(C(F)(F)F)OC(C(F)(F)F)c2c1c1nc(C(F)(F)F)nc3ccc4nc(C(F)(F)F)nc2c4c31. The van der Waals surface area contributed by atoms with Crippen LogP contribution in [0.25, 0.3) is 32.8 Å². The van der Waals surface area contributed by atoms with Gasteiger partial charge in [-0.25, -0.2) is 19.9 Å². The molecular formula is C19H6F12N4O2. The average Bonchev–Trinajstić information content (AvgIpc) is 3.14. The van der Waals surface area contributed by atoms with Crippen molar-refractivity contribution >= 4 is 32.8 Å². The highest BCUT2D eigenvalue weighted by Crippen LogP contribution is 2.60. The van der Waals surface area contributed by atoms with Crippen LogP contribution < -0.4 is 0 Å². The molecule has 0 amide bonds. The smallest absolute Gasteiger partial charge is 0.342 e. The largest absolute Gasteiger partial charge is 0.451 e. The van der Waals surface area contributed by atoms with E-state index in [-0.39, 0.29) is 7.11 Å². The van der Waals surface area contributed by atoms with Crippen LogP contribution in [0.4, 0.5) is 52.7 Å². The van der Waals surface area contributed by atoms with Gasteiger partial charge in [0.15, 0.2) is 6.10 Å². The molecule has 0 fully saturated rings. The second-order valence-electron chi connectivity index (χ2n) is 7.79. The molecule has 2 aromatic carbocycles. The zero-order chi connectivity index (χ0) is 27.5. The summed E-state index contributed by atoms with van der Waals surface area (Å²) >= 11 is 0. The van der Waals surface area contributed by atoms with E-state index in [1.165, 1.54) is 0 Å². The first-order chi connectivity index (χ1) is 16.8. The molecule has 0 radical (unpaired) electrons. The molecule has 0 bridgehead atoms. The summed E-state index contributed by atoms with van der Waals surface area (Å²) in [6.07, 6.45) is -26.0. The third-order valence-corrected chi connectivity index (χ3v) is 5.62. The molecule has 2 atom stereocenters. The van der Waals surface area contributed by atoms with E-state index in [1.807, 2.05) is 0 Å². The lowest BCUT2D eigenvalue weighted by Gasteiger charge is -2.31. The number of methoxy groups -OCH3 is 1. The summed E-state index contributed by atoms with van der Waals surface area (Å²) in [4.78, 5) is 12.5. The molecule has 6 nitrogen and oxygen atoms in total. The number of hydrogen-bond acceptors (Lipinski definition) is 6. The van der Waals surface area contributed by atoms with Gasteiger partial charge in [-0.15, -0.1) is 0 Å². The van der Waals surface area contributed by atoms with Crippen LogP contribution in [0.3, 0.4) is 0 Å². The fraction of sp³-hybridized carbons (Fsp3) is 0.368. The molecule has 2 unspecified atom stereocenters. The van der Waals surface area contributed by atoms with E-state index in [2.05, 4.69) is 29.4 Å². The topological polar surface area (TPSA) is 70.0 Å². The Bertz CT molecular complexity index is 1560. The maximum absolute atomic E-state index is 14.3. The van der Waals surface area contributed by atoms with Crippen LogP contribution in [-0.2, 0) is 27.6 Å². The second-order valence-corrected chi connectivity index (χ2v) is 7.79. The summed E-state index contributed by atoms with van der Waals surface area (Å²) in [6, 6.07) is 1.42. The van der Waals surface area contributed by atoms with Crippen LogP contribution in [0, 0.1) is 0 Å². The minimum atomic E-state index is -5.89. The zero-order valence-electron chi connectivity index (χ0n) is 17.4. The Labute approximate surface area is 194 Å². The predicted octanol–water partition coefficient (Wildman–Crippen LogP) is 6.20. The minimum absolute atomic E-state index is 0.261. The Morgan fingerprint density at radius 3 is 1.59 bits per heavy atom. The molecule has 0 aliphatic carbocycles. The summed E-state index contributed by atoms with van der Waals surface area (Å²) in [6.45, 7) is 0. The van der Waals surface area contributed by atoms with Gasteiger partial charge in [-0.1, -0.05) is 0 Å². The number of aromatic nitrogens is 4. The summed E-state index contributed by atoms with van der Waals surface area (Å²) < 4.78 is 174. The molecule has 0 N–H and O–H groups in total. The number of nitrogens with zero attached hydrogens (tertiary/aromatic N) is 4. The first-order valence-corrected chi connectivity index (χ1v) is 9.60.